The van der Waals surface area contributed by atoms with Crippen LogP contribution in [0, 0.1) is 0 Å². The third-order valence-corrected chi connectivity index (χ3v) is 3.28. The molecule has 1 aliphatic heterocycles. The lowest BCUT2D eigenvalue weighted by molar-refractivity contribution is 0.0954. The normalized spacial score (nSPS) is 21.0. The molecule has 0 bridgehead atoms. The molecular weight excluding hydrogens is 196 g/mol. The molecule has 1 fully saturated rings. The van der Waals surface area contributed by atoms with E-state index in [0.29, 0.717) is 6.04 Å². The first-order valence-corrected chi connectivity index (χ1v) is 5.79. The van der Waals surface area contributed by atoms with Gasteiger partial charge in [-0.25, -0.2) is 0 Å². The molecule has 2 rings (SSSR count). The first kappa shape index (κ1) is 9.68. The van der Waals surface area contributed by atoms with Crippen LogP contribution in [0.3, 0.4) is 0 Å². The van der Waals surface area contributed by atoms with Gasteiger partial charge in [-0.2, -0.15) is 0 Å². The highest BCUT2D eigenvalue weighted by Crippen LogP contribution is 2.08. The second-order valence-electron chi connectivity index (χ2n) is 3.48. The van der Waals surface area contributed by atoms with Gasteiger partial charge < -0.3 is 10.6 Å². The summed E-state index contributed by atoms with van der Waals surface area (Å²) in [5.74, 6) is 0.0497. The van der Waals surface area contributed by atoms with Crippen LogP contribution in [0.4, 0.5) is 0 Å². The van der Waals surface area contributed by atoms with Crippen LogP contribution in [0.5, 0.6) is 0 Å². The maximum atomic E-state index is 11.5. The third-order valence-electron chi connectivity index (χ3n) is 2.42. The van der Waals surface area contributed by atoms with Crippen molar-refractivity contribution in [3.63, 3.8) is 0 Å². The highest BCUT2D eigenvalue weighted by molar-refractivity contribution is 7.12. The zero-order valence-corrected chi connectivity index (χ0v) is 8.77. The van der Waals surface area contributed by atoms with Crippen LogP contribution in [0.2, 0.25) is 0 Å². The summed E-state index contributed by atoms with van der Waals surface area (Å²) < 4.78 is 0. The van der Waals surface area contributed by atoms with E-state index < -0.39 is 0 Å². The number of thiophene rings is 1. The molecule has 0 aliphatic carbocycles. The molecule has 0 saturated carbocycles. The summed E-state index contributed by atoms with van der Waals surface area (Å²) in [7, 11) is 0. The standard InChI is InChI=1S/C10H14N2OS/c13-10(9-4-2-6-14-9)12-7-8-3-1-5-11-8/h2,4,6,8,11H,1,3,5,7H2,(H,12,13)/t8-/m1/s1. The van der Waals surface area contributed by atoms with E-state index in [-0.39, 0.29) is 5.91 Å². The Morgan fingerprint density at radius 1 is 1.71 bits per heavy atom. The van der Waals surface area contributed by atoms with Crippen molar-refractivity contribution in [1.82, 2.24) is 10.6 Å². The Morgan fingerprint density at radius 3 is 3.29 bits per heavy atom. The second-order valence-corrected chi connectivity index (χ2v) is 4.43. The minimum absolute atomic E-state index is 0.0497. The quantitative estimate of drug-likeness (QED) is 0.788. The van der Waals surface area contributed by atoms with Gasteiger partial charge in [0.15, 0.2) is 0 Å². The number of carbonyl (C=O) groups excluding carboxylic acids is 1. The van der Waals surface area contributed by atoms with E-state index in [1.807, 2.05) is 17.5 Å². The molecular formula is C10H14N2OS. The van der Waals surface area contributed by atoms with E-state index in [1.165, 1.54) is 24.2 Å². The third kappa shape index (κ3) is 2.33. The minimum atomic E-state index is 0.0497. The summed E-state index contributed by atoms with van der Waals surface area (Å²) in [5.41, 5.74) is 0. The fraction of sp³-hybridized carbons (Fsp3) is 0.500. The van der Waals surface area contributed by atoms with Crippen molar-refractivity contribution in [3.05, 3.63) is 22.4 Å². The Hall–Kier alpha value is -0.870. The summed E-state index contributed by atoms with van der Waals surface area (Å²) >= 11 is 1.48. The Kier molecular flexibility index (Phi) is 3.16. The largest absolute Gasteiger partial charge is 0.350 e. The van der Waals surface area contributed by atoms with Crippen molar-refractivity contribution in [3.8, 4) is 0 Å². The van der Waals surface area contributed by atoms with Crippen LogP contribution in [0.25, 0.3) is 0 Å². The van der Waals surface area contributed by atoms with Crippen LogP contribution in [0.15, 0.2) is 17.5 Å². The molecule has 1 saturated heterocycles. The van der Waals surface area contributed by atoms with Gasteiger partial charge in [0.25, 0.3) is 5.91 Å². The fourth-order valence-corrected chi connectivity index (χ4v) is 2.28. The molecule has 1 aromatic heterocycles. The maximum Gasteiger partial charge on any atom is 0.261 e. The predicted octanol–water partition coefficient (Wildman–Crippen LogP) is 1.23. The van der Waals surface area contributed by atoms with Gasteiger partial charge in [0.05, 0.1) is 4.88 Å². The molecule has 3 nitrogen and oxygen atoms in total. The van der Waals surface area contributed by atoms with Crippen molar-refractivity contribution >= 4 is 17.2 Å². The van der Waals surface area contributed by atoms with Gasteiger partial charge in [0.2, 0.25) is 0 Å². The van der Waals surface area contributed by atoms with Gasteiger partial charge in [0.1, 0.15) is 0 Å². The Labute approximate surface area is 87.5 Å². The van der Waals surface area contributed by atoms with Crippen molar-refractivity contribution in [2.45, 2.75) is 18.9 Å². The van der Waals surface area contributed by atoms with Gasteiger partial charge >= 0.3 is 0 Å². The summed E-state index contributed by atoms with van der Waals surface area (Å²) in [5, 5.41) is 8.20. The molecule has 2 heterocycles. The topological polar surface area (TPSA) is 41.1 Å². The Balaban J connectivity index is 1.78. The predicted molar refractivity (Wildman–Crippen MR) is 57.7 cm³/mol. The maximum absolute atomic E-state index is 11.5. The van der Waals surface area contributed by atoms with E-state index in [1.54, 1.807) is 0 Å². The summed E-state index contributed by atoms with van der Waals surface area (Å²) in [6.07, 6.45) is 2.39. The lowest BCUT2D eigenvalue weighted by Gasteiger charge is -2.10. The van der Waals surface area contributed by atoms with Crippen molar-refractivity contribution in [2.75, 3.05) is 13.1 Å². The van der Waals surface area contributed by atoms with Crippen LogP contribution in [-0.4, -0.2) is 25.0 Å². The van der Waals surface area contributed by atoms with E-state index in [2.05, 4.69) is 10.6 Å². The lowest BCUT2D eigenvalue weighted by Crippen LogP contribution is -2.36. The molecule has 14 heavy (non-hydrogen) atoms. The number of nitrogens with one attached hydrogen (secondary N) is 2. The number of rotatable bonds is 3. The zero-order valence-electron chi connectivity index (χ0n) is 7.95. The number of hydrogen-bond donors (Lipinski definition) is 2. The SMILES string of the molecule is O=C(NC[C@H]1CCCN1)c1cccs1. The summed E-state index contributed by atoms with van der Waals surface area (Å²) in [4.78, 5) is 12.3. The van der Waals surface area contributed by atoms with Gasteiger partial charge in [0, 0.05) is 12.6 Å². The zero-order chi connectivity index (χ0) is 9.80. The van der Waals surface area contributed by atoms with Gasteiger partial charge in [-0.3, -0.25) is 4.79 Å². The minimum Gasteiger partial charge on any atom is -0.350 e. The van der Waals surface area contributed by atoms with Crippen molar-refractivity contribution < 1.29 is 4.79 Å². The van der Waals surface area contributed by atoms with Crippen LogP contribution < -0.4 is 10.6 Å². The number of amides is 1. The summed E-state index contributed by atoms with van der Waals surface area (Å²) in [6.45, 7) is 1.83. The van der Waals surface area contributed by atoms with E-state index in [9.17, 15) is 4.79 Å². The molecule has 76 valence electrons. The second kappa shape index (κ2) is 4.57. The smallest absolute Gasteiger partial charge is 0.261 e. The molecule has 1 atom stereocenters. The monoisotopic (exact) mass is 210 g/mol. The van der Waals surface area contributed by atoms with Crippen LogP contribution in [0.1, 0.15) is 22.5 Å². The average molecular weight is 210 g/mol. The average Bonchev–Trinajstić information content (AvgIpc) is 2.87. The van der Waals surface area contributed by atoms with E-state index in [0.717, 1.165) is 18.0 Å². The molecule has 0 spiro atoms. The molecule has 0 unspecified atom stereocenters. The first-order valence-electron chi connectivity index (χ1n) is 4.91. The number of carbonyl (C=O) groups is 1. The first-order chi connectivity index (χ1) is 6.86. The van der Waals surface area contributed by atoms with Gasteiger partial charge in [-0.15, -0.1) is 11.3 Å². The highest BCUT2D eigenvalue weighted by Gasteiger charge is 2.15. The Morgan fingerprint density at radius 2 is 2.64 bits per heavy atom. The van der Waals surface area contributed by atoms with E-state index >= 15 is 0 Å². The fourth-order valence-electron chi connectivity index (χ4n) is 1.64. The molecule has 0 radical (unpaired) electrons. The molecule has 1 aliphatic rings. The highest BCUT2D eigenvalue weighted by atomic mass is 32.1. The van der Waals surface area contributed by atoms with Crippen molar-refractivity contribution in [2.24, 2.45) is 0 Å². The van der Waals surface area contributed by atoms with Gasteiger partial charge in [-0.05, 0) is 30.8 Å². The molecule has 2 N–H and O–H groups in total. The van der Waals surface area contributed by atoms with Crippen molar-refractivity contribution in [1.29, 1.82) is 0 Å². The molecule has 4 heteroatoms. The van der Waals surface area contributed by atoms with Gasteiger partial charge in [-0.1, -0.05) is 6.07 Å². The van der Waals surface area contributed by atoms with E-state index in [4.69, 9.17) is 0 Å². The lowest BCUT2D eigenvalue weighted by atomic mass is 10.2. The molecule has 1 aromatic rings. The van der Waals surface area contributed by atoms with Crippen LogP contribution >= 0.6 is 11.3 Å². The molecule has 0 aromatic carbocycles. The Bertz CT molecular complexity index is 291. The molecule has 1 amide bonds. The number of hydrogen-bond acceptors (Lipinski definition) is 3. The summed E-state index contributed by atoms with van der Waals surface area (Å²) in [6, 6.07) is 4.22. The van der Waals surface area contributed by atoms with Crippen LogP contribution in [-0.2, 0) is 0 Å².